The molecule has 0 saturated heterocycles. The Kier molecular flexibility index (Phi) is 36.0. The Morgan fingerprint density at radius 2 is 1.60 bits per heavy atom. The molecule has 0 unspecified atom stereocenters. The molecular formula is C5H14. The topological polar surface area (TPSA) is 0 Å². The average Bonchev–Trinajstić information content (AvgIpc) is 1.39. The van der Waals surface area contributed by atoms with E-state index in [1.807, 2.05) is 0 Å². The SMILES string of the molecule is CCC.[3H]CC. The first-order valence-corrected chi connectivity index (χ1v) is 2.12. The average molecular weight is 76.2 g/mol. The fourth-order valence-electron chi connectivity index (χ4n) is 0. The molecule has 0 saturated carbocycles. The Morgan fingerprint density at radius 3 is 1.60 bits per heavy atom. The quantitative estimate of drug-likeness (QED) is 0.415. The summed E-state index contributed by atoms with van der Waals surface area (Å²) in [5.41, 5.74) is 0. The van der Waals surface area contributed by atoms with E-state index in [0.717, 1.165) is 0 Å². The van der Waals surface area contributed by atoms with E-state index in [0.29, 0.717) is 6.90 Å². The molecule has 0 radical (unpaired) electrons. The van der Waals surface area contributed by atoms with Gasteiger partial charge in [0.25, 0.3) is 0 Å². The molecular weight excluding hydrogens is 60.1 g/mol. The van der Waals surface area contributed by atoms with E-state index in [1.54, 1.807) is 6.92 Å². The minimum atomic E-state index is 0.500. The molecule has 0 nitrogen and oxygen atoms in total. The standard InChI is InChI=1S/C3H8.C2H6/c1-3-2;1-2/h3H2,1-2H3;1-2H3/i;1T. The molecule has 5 heavy (non-hydrogen) atoms. The zero-order chi connectivity index (χ0) is 5.41. The van der Waals surface area contributed by atoms with Crippen molar-refractivity contribution < 1.29 is 1.37 Å². The molecule has 0 aliphatic heterocycles. The molecule has 0 atom stereocenters. The summed E-state index contributed by atoms with van der Waals surface area (Å²) < 4.78 is 6.21. The zero-order valence-corrected chi connectivity index (χ0v) is 4.41. The van der Waals surface area contributed by atoms with E-state index in [1.165, 1.54) is 6.42 Å². The highest BCUT2D eigenvalue weighted by molar-refractivity contribution is 3.92. The second-order valence-corrected chi connectivity index (χ2v) is 0.707. The van der Waals surface area contributed by atoms with Gasteiger partial charge in [0.15, 0.2) is 0 Å². The van der Waals surface area contributed by atoms with E-state index >= 15 is 0 Å². The molecule has 0 aromatic carbocycles. The van der Waals surface area contributed by atoms with Gasteiger partial charge in [-0.2, -0.15) is 0 Å². The van der Waals surface area contributed by atoms with Crippen LogP contribution < -0.4 is 0 Å². The minimum absolute atomic E-state index is 0.500. The summed E-state index contributed by atoms with van der Waals surface area (Å²) in [6.45, 7) is 6.54. The van der Waals surface area contributed by atoms with Gasteiger partial charge in [0.05, 0.1) is 0 Å². The van der Waals surface area contributed by atoms with Crippen LogP contribution in [0.3, 0.4) is 0 Å². The molecule has 0 fully saturated rings. The van der Waals surface area contributed by atoms with Crippen molar-refractivity contribution in [3.63, 3.8) is 0 Å². The lowest BCUT2D eigenvalue weighted by Gasteiger charge is -1.48. The van der Waals surface area contributed by atoms with E-state index in [9.17, 15) is 0 Å². The maximum absolute atomic E-state index is 6.21. The molecule has 0 aliphatic rings. The summed E-state index contributed by atoms with van der Waals surface area (Å²) in [6.07, 6.45) is 1.25. The lowest BCUT2D eigenvalue weighted by atomic mass is 10.6. The van der Waals surface area contributed by atoms with Crippen molar-refractivity contribution in [2.75, 3.05) is 0 Å². The summed E-state index contributed by atoms with van der Waals surface area (Å²) >= 11 is 0. The monoisotopic (exact) mass is 76.1 g/mol. The molecule has 0 N–H and O–H groups in total. The van der Waals surface area contributed by atoms with Crippen molar-refractivity contribution in [3.8, 4) is 0 Å². The fourth-order valence-corrected chi connectivity index (χ4v) is 0. The molecule has 0 aromatic heterocycles. The molecule has 34 valence electrons. The van der Waals surface area contributed by atoms with Gasteiger partial charge < -0.3 is 0 Å². The first-order chi connectivity index (χ1) is 2.83. The number of hydrogen-bond acceptors (Lipinski definition) is 0. The van der Waals surface area contributed by atoms with Crippen LogP contribution in [-0.2, 0) is 0 Å². The van der Waals surface area contributed by atoms with E-state index in [2.05, 4.69) is 13.8 Å². The van der Waals surface area contributed by atoms with Gasteiger partial charge >= 0.3 is 0 Å². The molecule has 0 aromatic rings. The predicted molar refractivity (Wildman–Crippen MR) is 27.3 cm³/mol. The van der Waals surface area contributed by atoms with Crippen LogP contribution in [0.25, 0.3) is 0 Å². The van der Waals surface area contributed by atoms with Crippen LogP contribution in [-0.4, -0.2) is 0 Å². The Bertz CT molecular complexity index is 5.90. The van der Waals surface area contributed by atoms with E-state index < -0.39 is 0 Å². The molecule has 0 heteroatoms. The van der Waals surface area contributed by atoms with Crippen molar-refractivity contribution in [2.24, 2.45) is 0 Å². The van der Waals surface area contributed by atoms with Crippen molar-refractivity contribution in [3.05, 3.63) is 0 Å². The summed E-state index contributed by atoms with van der Waals surface area (Å²) in [4.78, 5) is 0. The fraction of sp³-hybridized carbons (Fsp3) is 1.00. The van der Waals surface area contributed by atoms with Crippen LogP contribution in [0.15, 0.2) is 0 Å². The third-order valence-corrected chi connectivity index (χ3v) is 0. The van der Waals surface area contributed by atoms with Gasteiger partial charge in [-0.15, -0.1) is 0 Å². The maximum atomic E-state index is 6.21. The van der Waals surface area contributed by atoms with Crippen LogP contribution >= 0.6 is 0 Å². The summed E-state index contributed by atoms with van der Waals surface area (Å²) in [7, 11) is 0. The van der Waals surface area contributed by atoms with Crippen LogP contribution in [0.1, 0.15) is 35.5 Å². The molecule has 0 rings (SSSR count). The van der Waals surface area contributed by atoms with Crippen LogP contribution in [0.2, 0.25) is 0 Å². The van der Waals surface area contributed by atoms with Gasteiger partial charge in [-0.3, -0.25) is 0 Å². The zero-order valence-electron chi connectivity index (χ0n) is 5.41. The van der Waals surface area contributed by atoms with Gasteiger partial charge in [0.1, 0.15) is 0 Å². The van der Waals surface area contributed by atoms with Gasteiger partial charge in [-0.1, -0.05) is 34.1 Å². The van der Waals surface area contributed by atoms with E-state index in [-0.39, 0.29) is 0 Å². The highest BCUT2D eigenvalue weighted by Crippen LogP contribution is 1.56. The Morgan fingerprint density at radius 1 is 1.60 bits per heavy atom. The minimum Gasteiger partial charge on any atom is -0.0683 e. The number of rotatable bonds is 0. The first-order valence-electron chi connectivity index (χ1n) is 2.83. The van der Waals surface area contributed by atoms with Gasteiger partial charge in [-0.05, 0) is 0 Å². The molecule has 0 aliphatic carbocycles. The molecule has 0 heterocycles. The Labute approximate surface area is 36.6 Å². The number of hydrogen-bond donors (Lipinski definition) is 0. The smallest absolute Gasteiger partial charge is 0.0228 e. The van der Waals surface area contributed by atoms with Crippen LogP contribution in [0.4, 0.5) is 0 Å². The highest BCUT2D eigenvalue weighted by Gasteiger charge is 1.35. The Hall–Kier alpha value is 0. The largest absolute Gasteiger partial charge is 0.0683 e. The summed E-state index contributed by atoms with van der Waals surface area (Å²) in [5, 5.41) is 0. The van der Waals surface area contributed by atoms with Crippen molar-refractivity contribution >= 4 is 0 Å². The van der Waals surface area contributed by atoms with Gasteiger partial charge in [0, 0.05) is 1.37 Å². The van der Waals surface area contributed by atoms with Crippen molar-refractivity contribution in [2.45, 2.75) is 34.1 Å². The van der Waals surface area contributed by atoms with Crippen LogP contribution in [0.5, 0.6) is 0 Å². The van der Waals surface area contributed by atoms with Gasteiger partial charge in [-0.25, -0.2) is 0 Å². The first kappa shape index (κ1) is 5.00. The van der Waals surface area contributed by atoms with E-state index in [4.69, 9.17) is 1.37 Å². The van der Waals surface area contributed by atoms with Crippen LogP contribution in [0, 0.1) is 0 Å². The second kappa shape index (κ2) is 36.0. The summed E-state index contributed by atoms with van der Waals surface area (Å²) in [6, 6.07) is 0. The normalized spacial score (nSPS) is 7.40. The molecule has 0 amide bonds. The lowest BCUT2D eigenvalue weighted by molar-refractivity contribution is 1.09. The molecule has 0 bridgehead atoms. The highest BCUT2D eigenvalue weighted by atomic mass is 13.4. The Balaban J connectivity index is 0. The second-order valence-electron chi connectivity index (χ2n) is 0.707. The van der Waals surface area contributed by atoms with Crippen molar-refractivity contribution in [1.29, 1.82) is 0 Å². The van der Waals surface area contributed by atoms with Crippen molar-refractivity contribution in [1.82, 2.24) is 0 Å². The lowest BCUT2D eigenvalue weighted by Crippen LogP contribution is -1.27. The summed E-state index contributed by atoms with van der Waals surface area (Å²) in [5.74, 6) is 0. The predicted octanol–water partition coefficient (Wildman–Crippen LogP) is 2.44. The maximum Gasteiger partial charge on any atom is 0.0228 e. The third kappa shape index (κ3) is 0. The molecule has 0 spiro atoms. The van der Waals surface area contributed by atoms with Gasteiger partial charge in [0.2, 0.25) is 0 Å². The third-order valence-electron chi connectivity index (χ3n) is 0.